The van der Waals surface area contributed by atoms with Gasteiger partial charge in [0.2, 0.25) is 0 Å². The topological polar surface area (TPSA) is 30.7 Å². The molecule has 0 saturated heterocycles. The maximum atomic E-state index is 4.52. The van der Waals surface area contributed by atoms with Crippen molar-refractivity contribution >= 4 is 0 Å². The van der Waals surface area contributed by atoms with Crippen molar-refractivity contribution in [2.24, 2.45) is 0 Å². The van der Waals surface area contributed by atoms with Crippen LogP contribution in [0.5, 0.6) is 0 Å². The molecule has 2 aromatic rings. The lowest BCUT2D eigenvalue weighted by Crippen LogP contribution is -2.09. The quantitative estimate of drug-likeness (QED) is 0.806. The van der Waals surface area contributed by atoms with E-state index in [4.69, 9.17) is 0 Å². The fourth-order valence-electron chi connectivity index (χ4n) is 2.52. The highest BCUT2D eigenvalue weighted by Crippen LogP contribution is 2.20. The Balaban J connectivity index is 1.71. The molecule has 0 spiro atoms. The fraction of sp³-hybridized carbons (Fsp3) is 0.429. The van der Waals surface area contributed by atoms with E-state index < -0.39 is 0 Å². The Morgan fingerprint density at radius 1 is 1.12 bits per heavy atom. The molecule has 0 saturated carbocycles. The van der Waals surface area contributed by atoms with Crippen LogP contribution in [-0.4, -0.2) is 14.5 Å². The van der Waals surface area contributed by atoms with Crippen molar-refractivity contribution in [3.63, 3.8) is 0 Å². The lowest BCUT2D eigenvalue weighted by Gasteiger charge is -2.13. The van der Waals surface area contributed by atoms with Crippen LogP contribution in [0.4, 0.5) is 0 Å². The van der Waals surface area contributed by atoms with Crippen molar-refractivity contribution in [2.75, 3.05) is 0 Å². The number of hydrogen-bond acceptors (Lipinski definition) is 2. The zero-order chi connectivity index (χ0) is 11.5. The minimum absolute atomic E-state index is 1.03. The third-order valence-corrected chi connectivity index (χ3v) is 3.50. The summed E-state index contributed by atoms with van der Waals surface area (Å²) in [7, 11) is 0. The molecule has 0 aromatic carbocycles. The highest BCUT2D eigenvalue weighted by Gasteiger charge is 2.14. The van der Waals surface area contributed by atoms with E-state index in [1.807, 2.05) is 18.7 Å². The Morgan fingerprint density at radius 3 is 2.82 bits per heavy atom. The summed E-state index contributed by atoms with van der Waals surface area (Å²) in [5.74, 6) is 0. The molecule has 1 aliphatic carbocycles. The molecule has 0 unspecified atom stereocenters. The van der Waals surface area contributed by atoms with E-state index in [0.29, 0.717) is 0 Å². The maximum Gasteiger partial charge on any atom is 0.0951 e. The molecule has 0 radical (unpaired) electrons. The molecule has 0 atom stereocenters. The van der Waals surface area contributed by atoms with E-state index in [0.717, 1.165) is 19.4 Å². The van der Waals surface area contributed by atoms with Crippen LogP contribution in [0.3, 0.4) is 0 Å². The number of imidazole rings is 1. The maximum absolute atomic E-state index is 4.52. The molecule has 0 bridgehead atoms. The SMILES string of the molecule is c1cc(CCn2cnc3c2CCCC3)ccn1. The molecule has 0 N–H and O–H groups in total. The second-order valence-corrected chi connectivity index (χ2v) is 4.64. The summed E-state index contributed by atoms with van der Waals surface area (Å²) in [6.07, 6.45) is 11.8. The van der Waals surface area contributed by atoms with Gasteiger partial charge >= 0.3 is 0 Å². The smallest absolute Gasteiger partial charge is 0.0951 e. The molecule has 3 nitrogen and oxygen atoms in total. The Labute approximate surface area is 102 Å². The largest absolute Gasteiger partial charge is 0.334 e. The molecule has 88 valence electrons. The first kappa shape index (κ1) is 10.5. The molecule has 1 aliphatic rings. The number of rotatable bonds is 3. The molecule has 0 aliphatic heterocycles. The Hall–Kier alpha value is -1.64. The van der Waals surface area contributed by atoms with Crippen molar-refractivity contribution in [2.45, 2.75) is 38.6 Å². The van der Waals surface area contributed by atoms with Gasteiger partial charge in [0.05, 0.1) is 12.0 Å². The molecular weight excluding hydrogens is 210 g/mol. The van der Waals surface area contributed by atoms with Crippen molar-refractivity contribution in [3.05, 3.63) is 47.8 Å². The summed E-state index contributed by atoms with van der Waals surface area (Å²) in [6.45, 7) is 1.03. The number of nitrogens with zero attached hydrogens (tertiary/aromatic N) is 3. The van der Waals surface area contributed by atoms with Gasteiger partial charge in [0.15, 0.2) is 0 Å². The zero-order valence-corrected chi connectivity index (χ0v) is 9.97. The van der Waals surface area contributed by atoms with Crippen LogP contribution in [0.25, 0.3) is 0 Å². The second kappa shape index (κ2) is 4.70. The Kier molecular flexibility index (Phi) is 2.90. The van der Waals surface area contributed by atoms with Crippen molar-refractivity contribution in [3.8, 4) is 0 Å². The van der Waals surface area contributed by atoms with Crippen LogP contribution >= 0.6 is 0 Å². The first-order valence-electron chi connectivity index (χ1n) is 6.35. The first-order valence-corrected chi connectivity index (χ1v) is 6.35. The number of pyridine rings is 1. The van der Waals surface area contributed by atoms with Crippen LogP contribution in [0.15, 0.2) is 30.9 Å². The molecule has 0 fully saturated rings. The summed E-state index contributed by atoms with van der Waals surface area (Å²) in [5.41, 5.74) is 4.13. The summed E-state index contributed by atoms with van der Waals surface area (Å²) >= 11 is 0. The van der Waals surface area contributed by atoms with Crippen molar-refractivity contribution in [1.82, 2.24) is 14.5 Å². The van der Waals surface area contributed by atoms with Crippen LogP contribution in [0, 0.1) is 0 Å². The third kappa shape index (κ3) is 2.23. The van der Waals surface area contributed by atoms with Gasteiger partial charge in [-0.25, -0.2) is 4.98 Å². The highest BCUT2D eigenvalue weighted by molar-refractivity contribution is 5.17. The van der Waals surface area contributed by atoms with Gasteiger partial charge in [0.25, 0.3) is 0 Å². The number of hydrogen-bond donors (Lipinski definition) is 0. The van der Waals surface area contributed by atoms with Crippen molar-refractivity contribution < 1.29 is 0 Å². The summed E-state index contributed by atoms with van der Waals surface area (Å²) < 4.78 is 2.33. The van der Waals surface area contributed by atoms with Crippen LogP contribution in [-0.2, 0) is 25.8 Å². The number of fused-ring (bicyclic) bond motifs is 1. The molecular formula is C14H17N3. The summed E-state index contributed by atoms with van der Waals surface area (Å²) in [4.78, 5) is 8.56. The monoisotopic (exact) mass is 227 g/mol. The van der Waals surface area contributed by atoms with E-state index in [1.165, 1.54) is 36.2 Å². The minimum Gasteiger partial charge on any atom is -0.334 e. The van der Waals surface area contributed by atoms with Gasteiger partial charge < -0.3 is 4.57 Å². The van der Waals surface area contributed by atoms with Crippen molar-refractivity contribution in [1.29, 1.82) is 0 Å². The van der Waals surface area contributed by atoms with Gasteiger partial charge in [0.1, 0.15) is 0 Å². The van der Waals surface area contributed by atoms with Gasteiger partial charge in [-0.1, -0.05) is 0 Å². The standard InChI is InChI=1S/C14H17N3/c1-2-4-14-13(3-1)16-11-17(14)10-7-12-5-8-15-9-6-12/h5-6,8-9,11H,1-4,7,10H2. The molecule has 2 aromatic heterocycles. The summed E-state index contributed by atoms with van der Waals surface area (Å²) in [6, 6.07) is 4.17. The lowest BCUT2D eigenvalue weighted by molar-refractivity contribution is 0.602. The number of aromatic nitrogens is 3. The second-order valence-electron chi connectivity index (χ2n) is 4.64. The van der Waals surface area contributed by atoms with E-state index >= 15 is 0 Å². The van der Waals surface area contributed by atoms with Crippen LogP contribution in [0.2, 0.25) is 0 Å². The molecule has 0 amide bonds. The third-order valence-electron chi connectivity index (χ3n) is 3.50. The Bertz CT molecular complexity index is 487. The lowest BCUT2D eigenvalue weighted by atomic mass is 10.0. The molecule has 2 heterocycles. The Morgan fingerprint density at radius 2 is 1.94 bits per heavy atom. The van der Waals surface area contributed by atoms with E-state index in [9.17, 15) is 0 Å². The van der Waals surface area contributed by atoms with E-state index in [1.54, 1.807) is 0 Å². The van der Waals surface area contributed by atoms with Gasteiger partial charge in [0, 0.05) is 24.6 Å². The van der Waals surface area contributed by atoms with Crippen LogP contribution in [0.1, 0.15) is 29.8 Å². The van der Waals surface area contributed by atoms with Gasteiger partial charge in [-0.15, -0.1) is 0 Å². The summed E-state index contributed by atoms with van der Waals surface area (Å²) in [5, 5.41) is 0. The normalized spacial score (nSPS) is 14.6. The molecule has 17 heavy (non-hydrogen) atoms. The number of aryl methyl sites for hydroxylation is 3. The minimum atomic E-state index is 1.03. The average Bonchev–Trinajstić information content (AvgIpc) is 2.81. The van der Waals surface area contributed by atoms with E-state index in [-0.39, 0.29) is 0 Å². The van der Waals surface area contributed by atoms with Gasteiger partial charge in [-0.05, 0) is 49.8 Å². The van der Waals surface area contributed by atoms with Crippen LogP contribution < -0.4 is 0 Å². The van der Waals surface area contributed by atoms with Gasteiger partial charge in [-0.2, -0.15) is 0 Å². The van der Waals surface area contributed by atoms with Gasteiger partial charge in [-0.3, -0.25) is 4.98 Å². The molecule has 3 heteroatoms. The van der Waals surface area contributed by atoms with E-state index in [2.05, 4.69) is 26.7 Å². The molecule has 3 rings (SSSR count). The first-order chi connectivity index (χ1) is 8.43. The fourth-order valence-corrected chi connectivity index (χ4v) is 2.52. The predicted octanol–water partition coefficient (Wildman–Crippen LogP) is 2.40. The highest BCUT2D eigenvalue weighted by atomic mass is 15.1. The zero-order valence-electron chi connectivity index (χ0n) is 9.97. The average molecular weight is 227 g/mol. The predicted molar refractivity (Wildman–Crippen MR) is 66.8 cm³/mol.